The number of methoxy groups -OCH3 is 1. The Hall–Kier alpha value is -4.02. The molecule has 1 aliphatic carbocycles. The van der Waals surface area contributed by atoms with Crippen LogP contribution in [0.3, 0.4) is 0 Å². The third-order valence-electron chi connectivity index (χ3n) is 8.17. The number of aryl methyl sites for hydroxylation is 2. The number of hydrogen-bond acceptors (Lipinski definition) is 8. The molecule has 3 heterocycles. The molecule has 43 heavy (non-hydrogen) atoms. The number of aromatic nitrogens is 2. The molecule has 5 rings (SSSR count). The Kier molecular flexibility index (Phi) is 9.57. The first-order chi connectivity index (χ1) is 20.8. The Bertz CT molecular complexity index is 1460. The quantitative estimate of drug-likeness (QED) is 0.305. The number of benzene rings is 1. The van der Waals surface area contributed by atoms with Crippen molar-refractivity contribution in [3.63, 3.8) is 0 Å². The van der Waals surface area contributed by atoms with E-state index in [1.807, 2.05) is 32.2 Å². The van der Waals surface area contributed by atoms with Gasteiger partial charge < -0.3 is 25.4 Å². The van der Waals surface area contributed by atoms with Crippen molar-refractivity contribution < 1.29 is 19.1 Å². The monoisotopic (exact) mass is 586 g/mol. The molecule has 228 valence electrons. The van der Waals surface area contributed by atoms with Crippen LogP contribution in [-0.2, 0) is 6.42 Å². The largest absolute Gasteiger partial charge is 0.495 e. The van der Waals surface area contributed by atoms with E-state index in [1.54, 1.807) is 32.5 Å². The Balaban J connectivity index is 1.45. The van der Waals surface area contributed by atoms with E-state index in [4.69, 9.17) is 14.5 Å². The fourth-order valence-electron chi connectivity index (χ4n) is 5.52. The van der Waals surface area contributed by atoms with E-state index in [2.05, 4.69) is 38.8 Å². The summed E-state index contributed by atoms with van der Waals surface area (Å²) in [6, 6.07) is 9.79. The van der Waals surface area contributed by atoms with Crippen LogP contribution in [-0.4, -0.2) is 73.1 Å². The first-order valence-electron chi connectivity index (χ1n) is 15.1. The number of nitrogens with zero attached hydrogens (tertiary/aromatic N) is 3. The molecule has 2 atom stereocenters. The first kappa shape index (κ1) is 30.4. The molecule has 1 aromatic carbocycles. The summed E-state index contributed by atoms with van der Waals surface area (Å²) in [5.41, 5.74) is 4.25. The highest BCUT2D eigenvalue weighted by Gasteiger charge is 2.28. The molecule has 0 unspecified atom stereocenters. The number of rotatable bonds is 11. The van der Waals surface area contributed by atoms with Crippen molar-refractivity contribution in [1.82, 2.24) is 25.5 Å². The van der Waals surface area contributed by atoms with Crippen LogP contribution < -0.4 is 25.4 Å². The summed E-state index contributed by atoms with van der Waals surface area (Å²) in [7, 11) is 3.15. The molecule has 0 radical (unpaired) electrons. The second-order valence-corrected chi connectivity index (χ2v) is 11.4. The van der Waals surface area contributed by atoms with Gasteiger partial charge in [0.15, 0.2) is 6.10 Å². The van der Waals surface area contributed by atoms with Crippen molar-refractivity contribution in [3.8, 4) is 11.5 Å². The molecular formula is C33H42N6O4. The highest BCUT2D eigenvalue weighted by Crippen LogP contribution is 2.40. The second kappa shape index (κ2) is 13.5. The van der Waals surface area contributed by atoms with Gasteiger partial charge in [-0.15, -0.1) is 0 Å². The lowest BCUT2D eigenvalue weighted by Gasteiger charge is -2.34. The molecule has 1 saturated heterocycles. The smallest absolute Gasteiger partial charge is 0.257 e. The molecule has 0 bridgehead atoms. The predicted octanol–water partition coefficient (Wildman–Crippen LogP) is 4.26. The number of nitrogens with one attached hydrogen (secondary N) is 3. The number of carbonyl (C=O) groups excluding carboxylic acids is 2. The van der Waals surface area contributed by atoms with Crippen molar-refractivity contribution >= 4 is 17.6 Å². The number of carbonyl (C=O) groups is 2. The van der Waals surface area contributed by atoms with Crippen LogP contribution in [0.1, 0.15) is 81.8 Å². The van der Waals surface area contributed by atoms with E-state index in [9.17, 15) is 9.59 Å². The Morgan fingerprint density at radius 3 is 2.58 bits per heavy atom. The van der Waals surface area contributed by atoms with Crippen molar-refractivity contribution in [3.05, 3.63) is 76.2 Å². The van der Waals surface area contributed by atoms with Gasteiger partial charge in [0.25, 0.3) is 11.8 Å². The van der Waals surface area contributed by atoms with Gasteiger partial charge in [-0.2, -0.15) is 0 Å². The topological polar surface area (TPSA) is 118 Å². The maximum atomic E-state index is 13.5. The summed E-state index contributed by atoms with van der Waals surface area (Å²) in [5.74, 6) is 1.40. The average Bonchev–Trinajstić information content (AvgIpc) is 3.86. The third-order valence-corrected chi connectivity index (χ3v) is 8.17. The molecule has 2 amide bonds. The fourth-order valence-corrected chi connectivity index (χ4v) is 5.52. The van der Waals surface area contributed by atoms with Crippen LogP contribution in [0.5, 0.6) is 11.5 Å². The van der Waals surface area contributed by atoms with Gasteiger partial charge in [0.1, 0.15) is 17.3 Å². The highest BCUT2D eigenvalue weighted by molar-refractivity contribution is 6.07. The van der Waals surface area contributed by atoms with E-state index in [0.717, 1.165) is 30.9 Å². The minimum absolute atomic E-state index is 0.282. The van der Waals surface area contributed by atoms with Gasteiger partial charge in [-0.3, -0.25) is 19.5 Å². The molecule has 1 saturated carbocycles. The summed E-state index contributed by atoms with van der Waals surface area (Å²) in [4.78, 5) is 38.2. The number of amides is 2. The molecule has 10 heteroatoms. The molecule has 0 spiro atoms. The minimum atomic E-state index is -0.406. The Morgan fingerprint density at radius 1 is 1.12 bits per heavy atom. The van der Waals surface area contributed by atoms with Crippen LogP contribution in [0, 0.1) is 6.92 Å². The lowest BCUT2D eigenvalue weighted by atomic mass is 10.0. The SMILES string of the molecule is CCc1cc(OC)cnc1NC(=O)c1cc(C(=O)NC)c(O[C@H](CN2CCN[C@H](C)C2)c2ccc(C3CC3)cn2)cc1C. The third kappa shape index (κ3) is 7.32. The zero-order chi connectivity index (χ0) is 30.5. The minimum Gasteiger partial charge on any atom is -0.495 e. The van der Waals surface area contributed by atoms with Crippen LogP contribution >= 0.6 is 0 Å². The number of ether oxygens (including phenoxy) is 2. The summed E-state index contributed by atoms with van der Waals surface area (Å²) >= 11 is 0. The van der Waals surface area contributed by atoms with Crippen molar-refractivity contribution in [1.29, 1.82) is 0 Å². The van der Waals surface area contributed by atoms with Gasteiger partial charge >= 0.3 is 0 Å². The Labute approximate surface area is 253 Å². The zero-order valence-corrected chi connectivity index (χ0v) is 25.7. The van der Waals surface area contributed by atoms with Gasteiger partial charge in [0, 0.05) is 51.0 Å². The fraction of sp³-hybridized carbons (Fsp3) is 0.455. The molecule has 2 aliphatic rings. The van der Waals surface area contributed by atoms with Crippen LogP contribution in [0.4, 0.5) is 5.82 Å². The number of hydrogen-bond donors (Lipinski definition) is 3. The molecule has 1 aliphatic heterocycles. The van der Waals surface area contributed by atoms with Crippen molar-refractivity contribution in [2.45, 2.75) is 58.1 Å². The number of piperazine rings is 1. The summed E-state index contributed by atoms with van der Waals surface area (Å²) in [6.45, 7) is 9.30. The number of anilines is 1. The average molecular weight is 587 g/mol. The first-order valence-corrected chi connectivity index (χ1v) is 15.1. The molecule has 3 aromatic rings. The lowest BCUT2D eigenvalue weighted by molar-refractivity contribution is 0.0935. The van der Waals surface area contributed by atoms with Gasteiger partial charge in [-0.25, -0.2) is 4.98 Å². The van der Waals surface area contributed by atoms with E-state index in [0.29, 0.717) is 53.4 Å². The molecule has 10 nitrogen and oxygen atoms in total. The zero-order valence-electron chi connectivity index (χ0n) is 25.7. The normalized spacial score (nSPS) is 17.7. The van der Waals surface area contributed by atoms with Crippen LogP contribution in [0.15, 0.2) is 42.7 Å². The molecular weight excluding hydrogens is 544 g/mol. The van der Waals surface area contributed by atoms with E-state index in [-0.39, 0.29) is 17.4 Å². The number of pyridine rings is 2. The summed E-state index contributed by atoms with van der Waals surface area (Å²) in [6.07, 6.45) is 6.21. The van der Waals surface area contributed by atoms with Gasteiger partial charge in [0.2, 0.25) is 0 Å². The highest BCUT2D eigenvalue weighted by atomic mass is 16.5. The Morgan fingerprint density at radius 2 is 1.93 bits per heavy atom. The van der Waals surface area contributed by atoms with Crippen molar-refractivity contribution in [2.75, 3.05) is 45.7 Å². The molecule has 2 aromatic heterocycles. The predicted molar refractivity (Wildman–Crippen MR) is 166 cm³/mol. The maximum absolute atomic E-state index is 13.5. The summed E-state index contributed by atoms with van der Waals surface area (Å²) in [5, 5.41) is 9.11. The van der Waals surface area contributed by atoms with E-state index < -0.39 is 6.10 Å². The van der Waals surface area contributed by atoms with E-state index >= 15 is 0 Å². The van der Waals surface area contributed by atoms with Gasteiger partial charge in [-0.05, 0) is 80.0 Å². The van der Waals surface area contributed by atoms with Gasteiger partial charge in [-0.1, -0.05) is 13.0 Å². The van der Waals surface area contributed by atoms with Crippen molar-refractivity contribution in [2.24, 2.45) is 0 Å². The lowest BCUT2D eigenvalue weighted by Crippen LogP contribution is -2.50. The molecule has 2 fully saturated rings. The van der Waals surface area contributed by atoms with Crippen LogP contribution in [0.25, 0.3) is 0 Å². The van der Waals surface area contributed by atoms with E-state index in [1.165, 1.54) is 18.4 Å². The van der Waals surface area contributed by atoms with Gasteiger partial charge in [0.05, 0.1) is 24.6 Å². The maximum Gasteiger partial charge on any atom is 0.257 e. The van der Waals surface area contributed by atoms with Crippen LogP contribution in [0.2, 0.25) is 0 Å². The standard InChI is InChI=1S/C33H42N6O4/c1-6-22-14-25(42-5)17-37-31(22)38-33(41)26-15-27(32(40)34-4)29(13-20(26)2)43-30(19-39-12-11-35-21(3)18-39)28-10-9-24(16-36-28)23-7-8-23/h9-10,13-17,21,23,30,35H,6-8,11-12,18-19H2,1-5H3,(H,34,40)(H,37,38,41)/t21-,30-/m1/s1. The second-order valence-electron chi connectivity index (χ2n) is 11.4. The molecule has 3 N–H and O–H groups in total. The summed E-state index contributed by atoms with van der Waals surface area (Å²) < 4.78 is 11.9.